The van der Waals surface area contributed by atoms with E-state index in [1.165, 1.54) is 0 Å². The molecule has 3 rings (SSSR count). The van der Waals surface area contributed by atoms with Crippen LogP contribution in [0.3, 0.4) is 0 Å². The minimum atomic E-state index is -0.408. The topological polar surface area (TPSA) is 68.3 Å². The maximum atomic E-state index is 13.2. The molecule has 2 aromatic carbocycles. The van der Waals surface area contributed by atoms with E-state index >= 15 is 0 Å². The van der Waals surface area contributed by atoms with E-state index in [1.54, 1.807) is 62.4 Å². The molecule has 32 heavy (non-hydrogen) atoms. The number of ether oxygens (including phenoxy) is 3. The van der Waals surface area contributed by atoms with Crippen LogP contribution in [0.4, 0.5) is 0 Å². The van der Waals surface area contributed by atoms with Crippen LogP contribution in [0, 0.1) is 5.92 Å². The molecule has 8 heteroatoms. The highest BCUT2D eigenvalue weighted by atomic mass is 35.5. The molecule has 0 N–H and O–H groups in total. The van der Waals surface area contributed by atoms with E-state index in [1.807, 2.05) is 19.1 Å². The van der Waals surface area contributed by atoms with Gasteiger partial charge in [-0.05, 0) is 36.8 Å². The van der Waals surface area contributed by atoms with Gasteiger partial charge >= 0.3 is 0 Å². The summed E-state index contributed by atoms with van der Waals surface area (Å²) < 4.78 is 16.4. The molecule has 0 unspecified atom stereocenters. The standard InChI is InChI=1S/C24H29ClN2O5/c1-6-26(2)23(28)18-14-27(24(29)16-9-7-8-10-19(16)25)13-17(18)15-11-20(30-3)22(32-5)21(12-15)31-4/h7-12,17-18H,6,13-14H2,1-5H3/t17-,18-/m1/s1. The lowest BCUT2D eigenvalue weighted by molar-refractivity contribution is -0.133. The number of amides is 2. The fraction of sp³-hybridized carbons (Fsp3) is 0.417. The summed E-state index contributed by atoms with van der Waals surface area (Å²) in [6.45, 7) is 3.18. The van der Waals surface area contributed by atoms with Crippen molar-refractivity contribution in [1.29, 1.82) is 0 Å². The third-order valence-electron chi connectivity index (χ3n) is 5.99. The van der Waals surface area contributed by atoms with E-state index in [9.17, 15) is 9.59 Å². The Morgan fingerprint density at radius 1 is 1.06 bits per heavy atom. The molecule has 1 saturated heterocycles. The van der Waals surface area contributed by atoms with Crippen molar-refractivity contribution < 1.29 is 23.8 Å². The number of benzene rings is 2. The van der Waals surface area contributed by atoms with Crippen molar-refractivity contribution in [3.8, 4) is 17.2 Å². The summed E-state index contributed by atoms with van der Waals surface area (Å²) in [5.74, 6) is 0.642. The number of nitrogens with zero attached hydrogens (tertiary/aromatic N) is 2. The van der Waals surface area contributed by atoms with E-state index < -0.39 is 5.92 Å². The molecule has 2 atom stereocenters. The van der Waals surface area contributed by atoms with Gasteiger partial charge in [-0.3, -0.25) is 9.59 Å². The number of halogens is 1. The molecule has 0 saturated carbocycles. The number of methoxy groups -OCH3 is 3. The predicted octanol–water partition coefficient (Wildman–Crippen LogP) is 3.70. The molecule has 0 aliphatic carbocycles. The van der Waals surface area contributed by atoms with Gasteiger partial charge in [0.15, 0.2) is 11.5 Å². The van der Waals surface area contributed by atoms with Gasteiger partial charge in [-0.25, -0.2) is 0 Å². The van der Waals surface area contributed by atoms with Gasteiger partial charge in [0.05, 0.1) is 37.8 Å². The van der Waals surface area contributed by atoms with Gasteiger partial charge in [0.25, 0.3) is 5.91 Å². The van der Waals surface area contributed by atoms with Crippen LogP contribution < -0.4 is 14.2 Å². The zero-order valence-electron chi connectivity index (χ0n) is 19.1. The van der Waals surface area contributed by atoms with Crippen molar-refractivity contribution in [2.75, 3.05) is 48.0 Å². The second kappa shape index (κ2) is 10.1. The largest absolute Gasteiger partial charge is 0.493 e. The molecule has 172 valence electrons. The Morgan fingerprint density at radius 2 is 1.69 bits per heavy atom. The van der Waals surface area contributed by atoms with Crippen LogP contribution in [-0.2, 0) is 4.79 Å². The van der Waals surface area contributed by atoms with Crippen LogP contribution >= 0.6 is 11.6 Å². The number of hydrogen-bond acceptors (Lipinski definition) is 5. The van der Waals surface area contributed by atoms with E-state index in [2.05, 4.69) is 0 Å². The molecule has 0 aromatic heterocycles. The van der Waals surface area contributed by atoms with E-state index in [4.69, 9.17) is 25.8 Å². The molecule has 1 heterocycles. The fourth-order valence-electron chi connectivity index (χ4n) is 4.12. The molecule has 1 fully saturated rings. The molecule has 7 nitrogen and oxygen atoms in total. The van der Waals surface area contributed by atoms with Crippen LogP contribution in [0.1, 0.15) is 28.8 Å². The Hall–Kier alpha value is -2.93. The van der Waals surface area contributed by atoms with Gasteiger partial charge in [-0.1, -0.05) is 23.7 Å². The monoisotopic (exact) mass is 460 g/mol. The Bertz CT molecular complexity index is 971. The fourth-order valence-corrected chi connectivity index (χ4v) is 4.33. The maximum Gasteiger partial charge on any atom is 0.255 e. The van der Waals surface area contributed by atoms with Crippen molar-refractivity contribution in [1.82, 2.24) is 9.80 Å². The predicted molar refractivity (Wildman–Crippen MR) is 123 cm³/mol. The van der Waals surface area contributed by atoms with Gasteiger partial charge in [-0.2, -0.15) is 0 Å². The Kier molecular flexibility index (Phi) is 7.51. The minimum Gasteiger partial charge on any atom is -0.493 e. The number of likely N-dealkylation sites (tertiary alicyclic amines) is 1. The summed E-state index contributed by atoms with van der Waals surface area (Å²) in [6, 6.07) is 10.6. The molecule has 2 aromatic rings. The van der Waals surface area contributed by atoms with Crippen LogP contribution in [0.2, 0.25) is 5.02 Å². The Balaban J connectivity index is 2.03. The Morgan fingerprint density at radius 3 is 2.22 bits per heavy atom. The van der Waals surface area contributed by atoms with E-state index in [0.717, 1.165) is 5.56 Å². The summed E-state index contributed by atoms with van der Waals surface area (Å²) in [6.07, 6.45) is 0. The average Bonchev–Trinajstić information content (AvgIpc) is 3.27. The molecular weight excluding hydrogens is 432 g/mol. The number of hydrogen-bond donors (Lipinski definition) is 0. The number of carbonyl (C=O) groups is 2. The van der Waals surface area contributed by atoms with Crippen molar-refractivity contribution in [3.63, 3.8) is 0 Å². The molecular formula is C24H29ClN2O5. The van der Waals surface area contributed by atoms with Crippen molar-refractivity contribution in [3.05, 3.63) is 52.5 Å². The third-order valence-corrected chi connectivity index (χ3v) is 6.32. The quantitative estimate of drug-likeness (QED) is 0.630. The first-order valence-corrected chi connectivity index (χ1v) is 10.8. The van der Waals surface area contributed by atoms with Crippen molar-refractivity contribution in [2.24, 2.45) is 5.92 Å². The summed E-state index contributed by atoms with van der Waals surface area (Å²) in [4.78, 5) is 29.9. The highest BCUT2D eigenvalue weighted by Gasteiger charge is 2.42. The summed E-state index contributed by atoms with van der Waals surface area (Å²) >= 11 is 6.27. The average molecular weight is 461 g/mol. The SMILES string of the molecule is CCN(C)C(=O)[C@@H]1CN(C(=O)c2ccccc2Cl)C[C@@H]1c1cc(OC)c(OC)c(OC)c1. The lowest BCUT2D eigenvalue weighted by atomic mass is 9.87. The number of carbonyl (C=O) groups excluding carboxylic acids is 2. The van der Waals surface area contributed by atoms with E-state index in [-0.39, 0.29) is 17.7 Å². The van der Waals surface area contributed by atoms with Gasteiger partial charge in [-0.15, -0.1) is 0 Å². The van der Waals surface area contributed by atoms with Crippen LogP contribution in [0.15, 0.2) is 36.4 Å². The smallest absolute Gasteiger partial charge is 0.255 e. The van der Waals surface area contributed by atoms with Gasteiger partial charge < -0.3 is 24.0 Å². The highest BCUT2D eigenvalue weighted by molar-refractivity contribution is 6.33. The zero-order valence-corrected chi connectivity index (χ0v) is 19.8. The van der Waals surface area contributed by atoms with Crippen LogP contribution in [0.5, 0.6) is 17.2 Å². The van der Waals surface area contributed by atoms with Crippen LogP contribution in [-0.4, -0.2) is 69.6 Å². The van der Waals surface area contributed by atoms with Crippen molar-refractivity contribution >= 4 is 23.4 Å². The zero-order chi connectivity index (χ0) is 23.4. The summed E-state index contributed by atoms with van der Waals surface area (Å²) in [5, 5.41) is 0.391. The lowest BCUT2D eigenvalue weighted by Gasteiger charge is -2.24. The second-order valence-corrected chi connectivity index (χ2v) is 8.12. The first kappa shape index (κ1) is 23.7. The third kappa shape index (κ3) is 4.48. The molecule has 0 bridgehead atoms. The first-order valence-electron chi connectivity index (χ1n) is 10.4. The maximum absolute atomic E-state index is 13.2. The molecule has 0 spiro atoms. The van der Waals surface area contributed by atoms with Gasteiger partial charge in [0.2, 0.25) is 11.7 Å². The van der Waals surface area contributed by atoms with E-state index in [0.29, 0.717) is 47.5 Å². The molecule has 0 radical (unpaired) electrons. The first-order chi connectivity index (χ1) is 15.4. The molecule has 1 aliphatic rings. The van der Waals surface area contributed by atoms with Crippen LogP contribution in [0.25, 0.3) is 0 Å². The van der Waals surface area contributed by atoms with Gasteiger partial charge in [0.1, 0.15) is 0 Å². The Labute approximate surface area is 193 Å². The summed E-state index contributed by atoms with van der Waals surface area (Å²) in [7, 11) is 6.42. The van der Waals surface area contributed by atoms with Crippen molar-refractivity contribution in [2.45, 2.75) is 12.8 Å². The normalized spacial score (nSPS) is 17.8. The lowest BCUT2D eigenvalue weighted by Crippen LogP contribution is -2.37. The highest BCUT2D eigenvalue weighted by Crippen LogP contribution is 2.43. The molecule has 1 aliphatic heterocycles. The minimum absolute atomic E-state index is 0.0132. The molecule has 2 amide bonds. The van der Waals surface area contributed by atoms with Gasteiger partial charge in [0, 0.05) is 32.6 Å². The number of rotatable bonds is 7. The summed E-state index contributed by atoms with van der Waals surface area (Å²) in [5.41, 5.74) is 1.27. The second-order valence-electron chi connectivity index (χ2n) is 7.71.